The second kappa shape index (κ2) is 5.32. The first-order valence-corrected chi connectivity index (χ1v) is 6.30. The summed E-state index contributed by atoms with van der Waals surface area (Å²) >= 11 is 5.48. The largest absolute Gasteiger partial charge is 0.388 e. The van der Waals surface area contributed by atoms with Crippen LogP contribution in [0.5, 0.6) is 0 Å². The molecule has 1 aliphatic rings. The second-order valence-electron chi connectivity index (χ2n) is 4.63. The van der Waals surface area contributed by atoms with Gasteiger partial charge in [-0.2, -0.15) is 0 Å². The van der Waals surface area contributed by atoms with Gasteiger partial charge in [-0.25, -0.2) is 8.78 Å². The average Bonchev–Trinajstić information content (AvgIpc) is 2.34. The van der Waals surface area contributed by atoms with E-state index in [0.717, 1.165) is 44.2 Å². The van der Waals surface area contributed by atoms with Crippen molar-refractivity contribution < 1.29 is 13.9 Å². The molecule has 1 fully saturated rings. The summed E-state index contributed by atoms with van der Waals surface area (Å²) in [5.41, 5.74) is 0.0267. The molecule has 4 heteroatoms. The first-order valence-electron chi connectivity index (χ1n) is 5.92. The number of hydrogen-bond donors (Lipinski definition) is 1. The van der Waals surface area contributed by atoms with Crippen LogP contribution in [0, 0.1) is 17.6 Å². The van der Waals surface area contributed by atoms with Crippen LogP contribution >= 0.6 is 11.6 Å². The van der Waals surface area contributed by atoms with E-state index in [2.05, 4.69) is 0 Å². The highest BCUT2D eigenvalue weighted by atomic mass is 35.5. The predicted molar refractivity (Wildman–Crippen MR) is 62.9 cm³/mol. The van der Waals surface area contributed by atoms with Gasteiger partial charge < -0.3 is 5.11 Å². The molecule has 0 saturated heterocycles. The molecule has 17 heavy (non-hydrogen) atoms. The Labute approximate surface area is 104 Å². The minimum Gasteiger partial charge on any atom is -0.388 e. The molecule has 1 atom stereocenters. The zero-order valence-electron chi connectivity index (χ0n) is 9.43. The summed E-state index contributed by atoms with van der Waals surface area (Å²) in [5, 5.41) is 9.84. The standard InChI is InChI=1S/C13H15ClF2O/c14-10-7-11(15)9(6-12(10)16)13(17)8-4-2-1-3-5-8/h6-8,13,17H,1-5H2. The van der Waals surface area contributed by atoms with Crippen molar-refractivity contribution in [3.05, 3.63) is 34.4 Å². The fraction of sp³-hybridized carbons (Fsp3) is 0.538. The number of aliphatic hydroxyl groups excluding tert-OH is 1. The van der Waals surface area contributed by atoms with Gasteiger partial charge in [-0.3, -0.25) is 0 Å². The number of benzene rings is 1. The van der Waals surface area contributed by atoms with Gasteiger partial charge in [0.2, 0.25) is 0 Å². The van der Waals surface area contributed by atoms with Crippen molar-refractivity contribution >= 4 is 11.6 Å². The zero-order valence-corrected chi connectivity index (χ0v) is 10.2. The molecular weight excluding hydrogens is 246 g/mol. The first-order chi connectivity index (χ1) is 8.09. The summed E-state index contributed by atoms with van der Waals surface area (Å²) in [4.78, 5) is 0. The summed E-state index contributed by atoms with van der Waals surface area (Å²) in [6.07, 6.45) is 4.04. The summed E-state index contributed by atoms with van der Waals surface area (Å²) in [6, 6.07) is 1.94. The molecule has 0 amide bonds. The fourth-order valence-corrected chi connectivity index (χ4v) is 2.62. The van der Waals surface area contributed by atoms with E-state index in [0.29, 0.717) is 0 Å². The molecule has 1 saturated carbocycles. The maximum absolute atomic E-state index is 13.6. The normalized spacial score (nSPS) is 19.3. The first kappa shape index (κ1) is 12.8. The van der Waals surface area contributed by atoms with Crippen LogP contribution in [0.3, 0.4) is 0 Å². The lowest BCUT2D eigenvalue weighted by atomic mass is 9.82. The molecule has 0 heterocycles. The third-order valence-corrected chi connectivity index (χ3v) is 3.74. The van der Waals surface area contributed by atoms with Gasteiger partial charge in [0.15, 0.2) is 0 Å². The third-order valence-electron chi connectivity index (χ3n) is 3.45. The molecular formula is C13H15ClF2O. The highest BCUT2D eigenvalue weighted by molar-refractivity contribution is 6.30. The minimum absolute atomic E-state index is 0.0267. The lowest BCUT2D eigenvalue weighted by molar-refractivity contribution is 0.0813. The van der Waals surface area contributed by atoms with E-state index in [4.69, 9.17) is 11.6 Å². The van der Waals surface area contributed by atoms with Gasteiger partial charge >= 0.3 is 0 Å². The third kappa shape index (κ3) is 2.78. The monoisotopic (exact) mass is 260 g/mol. The molecule has 0 radical (unpaired) electrons. The molecule has 0 aliphatic heterocycles. The van der Waals surface area contributed by atoms with Gasteiger partial charge in [0.25, 0.3) is 0 Å². The number of hydrogen-bond acceptors (Lipinski definition) is 1. The van der Waals surface area contributed by atoms with Crippen molar-refractivity contribution in [3.63, 3.8) is 0 Å². The van der Waals surface area contributed by atoms with Crippen LogP contribution in [-0.2, 0) is 0 Å². The van der Waals surface area contributed by atoms with Crippen LogP contribution in [0.2, 0.25) is 5.02 Å². The average molecular weight is 261 g/mol. The summed E-state index contributed by atoms with van der Waals surface area (Å²) in [5.74, 6) is -1.29. The van der Waals surface area contributed by atoms with Gasteiger partial charge in [0.1, 0.15) is 11.6 Å². The van der Waals surface area contributed by atoms with Crippen molar-refractivity contribution in [2.45, 2.75) is 38.2 Å². The predicted octanol–water partition coefficient (Wildman–Crippen LogP) is 4.23. The van der Waals surface area contributed by atoms with Crippen molar-refractivity contribution in [1.82, 2.24) is 0 Å². The van der Waals surface area contributed by atoms with Gasteiger partial charge in [0.05, 0.1) is 11.1 Å². The molecule has 1 unspecified atom stereocenters. The van der Waals surface area contributed by atoms with Crippen molar-refractivity contribution in [2.75, 3.05) is 0 Å². The number of aliphatic hydroxyl groups is 1. The van der Waals surface area contributed by atoms with E-state index < -0.39 is 17.7 Å². The molecule has 2 rings (SSSR count). The Bertz CT molecular complexity index is 403. The maximum atomic E-state index is 13.6. The molecule has 1 nitrogen and oxygen atoms in total. The Hall–Kier alpha value is -0.670. The molecule has 0 bridgehead atoms. The van der Waals surface area contributed by atoms with E-state index >= 15 is 0 Å². The van der Waals surface area contributed by atoms with E-state index in [1.54, 1.807) is 0 Å². The lowest BCUT2D eigenvalue weighted by Crippen LogP contribution is -2.17. The minimum atomic E-state index is -0.929. The Morgan fingerprint density at radius 3 is 2.41 bits per heavy atom. The van der Waals surface area contributed by atoms with Crippen molar-refractivity contribution in [3.8, 4) is 0 Å². The van der Waals surface area contributed by atoms with Crippen LogP contribution in [0.25, 0.3) is 0 Å². The zero-order chi connectivity index (χ0) is 12.4. The quantitative estimate of drug-likeness (QED) is 0.789. The smallest absolute Gasteiger partial charge is 0.142 e. The van der Waals surface area contributed by atoms with Gasteiger partial charge in [0, 0.05) is 5.56 Å². The van der Waals surface area contributed by atoms with Crippen LogP contribution < -0.4 is 0 Å². The maximum Gasteiger partial charge on any atom is 0.142 e. The summed E-state index contributed by atoms with van der Waals surface area (Å²) < 4.78 is 26.9. The van der Waals surface area contributed by atoms with E-state index in [9.17, 15) is 13.9 Å². The Morgan fingerprint density at radius 2 is 1.76 bits per heavy atom. The molecule has 1 aliphatic carbocycles. The van der Waals surface area contributed by atoms with Crippen LogP contribution in [0.1, 0.15) is 43.8 Å². The molecule has 0 aromatic heterocycles. The number of rotatable bonds is 2. The van der Waals surface area contributed by atoms with Gasteiger partial charge in [-0.15, -0.1) is 0 Å². The van der Waals surface area contributed by atoms with Gasteiger partial charge in [-0.05, 0) is 30.9 Å². The van der Waals surface area contributed by atoms with Gasteiger partial charge in [-0.1, -0.05) is 30.9 Å². The van der Waals surface area contributed by atoms with Crippen LogP contribution in [0.15, 0.2) is 12.1 Å². The molecule has 1 aromatic rings. The highest BCUT2D eigenvalue weighted by Gasteiger charge is 2.26. The second-order valence-corrected chi connectivity index (χ2v) is 5.04. The summed E-state index contributed by atoms with van der Waals surface area (Å²) in [7, 11) is 0. The van der Waals surface area contributed by atoms with E-state index in [1.165, 1.54) is 0 Å². The van der Waals surface area contributed by atoms with E-state index in [-0.39, 0.29) is 16.5 Å². The Balaban J connectivity index is 2.23. The molecule has 1 N–H and O–H groups in total. The van der Waals surface area contributed by atoms with E-state index in [1.807, 2.05) is 0 Å². The number of halogens is 3. The lowest BCUT2D eigenvalue weighted by Gasteiger charge is -2.27. The fourth-order valence-electron chi connectivity index (χ4n) is 2.47. The highest BCUT2D eigenvalue weighted by Crippen LogP contribution is 2.36. The Kier molecular flexibility index (Phi) is 4.00. The Morgan fingerprint density at radius 1 is 1.12 bits per heavy atom. The van der Waals surface area contributed by atoms with Crippen molar-refractivity contribution in [1.29, 1.82) is 0 Å². The molecule has 0 spiro atoms. The topological polar surface area (TPSA) is 20.2 Å². The van der Waals surface area contributed by atoms with Crippen molar-refractivity contribution in [2.24, 2.45) is 5.92 Å². The molecule has 1 aromatic carbocycles. The molecule has 94 valence electrons. The van der Waals surface area contributed by atoms with Crippen LogP contribution in [-0.4, -0.2) is 5.11 Å². The summed E-state index contributed by atoms with van der Waals surface area (Å²) in [6.45, 7) is 0. The van der Waals surface area contributed by atoms with Crippen LogP contribution in [0.4, 0.5) is 8.78 Å². The SMILES string of the molecule is OC(c1cc(F)c(Cl)cc1F)C1CCCCC1.